The Balaban J connectivity index is 2.33. The number of aryl methyl sites for hydroxylation is 3. The van der Waals surface area contributed by atoms with E-state index >= 15 is 0 Å². The van der Waals surface area contributed by atoms with E-state index in [9.17, 15) is 0 Å². The quantitative estimate of drug-likeness (QED) is 0.570. The smallest absolute Gasteiger partial charge is 0.0930 e. The highest BCUT2D eigenvalue weighted by Crippen LogP contribution is 2.36. The summed E-state index contributed by atoms with van der Waals surface area (Å²) in [5.41, 5.74) is 8.60. The minimum atomic E-state index is 0.990. The minimum Gasteiger partial charge on any atom is -0.254 e. The predicted molar refractivity (Wildman–Crippen MR) is 64.5 cm³/mol. The zero-order chi connectivity index (χ0) is 11.3. The van der Waals surface area contributed by atoms with E-state index in [2.05, 4.69) is 35.9 Å². The van der Waals surface area contributed by atoms with Gasteiger partial charge in [0.05, 0.1) is 11.4 Å². The maximum absolute atomic E-state index is 4.63. The van der Waals surface area contributed by atoms with Gasteiger partial charge in [-0.2, -0.15) is 0 Å². The third-order valence-corrected chi connectivity index (χ3v) is 3.34. The molecule has 80 valence electrons. The normalized spacial score (nSPS) is 12.4. The van der Waals surface area contributed by atoms with Crippen LogP contribution < -0.4 is 0 Å². The van der Waals surface area contributed by atoms with Crippen molar-refractivity contribution in [3.8, 4) is 11.4 Å². The molecule has 1 aliphatic carbocycles. The van der Waals surface area contributed by atoms with Gasteiger partial charge in [0, 0.05) is 18.3 Å². The molecule has 1 aliphatic rings. The fraction of sp³-hybridized carbons (Fsp3) is 0.286. The van der Waals surface area contributed by atoms with Gasteiger partial charge in [0.2, 0.25) is 0 Å². The van der Waals surface area contributed by atoms with Crippen molar-refractivity contribution in [1.29, 1.82) is 0 Å². The van der Waals surface area contributed by atoms with Gasteiger partial charge in [-0.1, -0.05) is 0 Å². The van der Waals surface area contributed by atoms with E-state index in [4.69, 9.17) is 0 Å². The number of pyridine rings is 2. The molecule has 0 radical (unpaired) electrons. The van der Waals surface area contributed by atoms with Crippen LogP contribution >= 0.6 is 0 Å². The van der Waals surface area contributed by atoms with E-state index < -0.39 is 0 Å². The second-order valence-electron chi connectivity index (χ2n) is 4.54. The Morgan fingerprint density at radius 1 is 1.00 bits per heavy atom. The monoisotopic (exact) mass is 210 g/mol. The van der Waals surface area contributed by atoms with Crippen molar-refractivity contribution in [2.75, 3.05) is 0 Å². The third kappa shape index (κ3) is 1.19. The van der Waals surface area contributed by atoms with Crippen LogP contribution in [0.2, 0.25) is 0 Å². The number of nitrogens with zero attached hydrogens (tertiary/aromatic N) is 2. The zero-order valence-electron chi connectivity index (χ0n) is 9.83. The summed E-state index contributed by atoms with van der Waals surface area (Å²) in [6.07, 6.45) is 2.87. The molecule has 16 heavy (non-hydrogen) atoms. The SMILES string of the molecule is Cc1cc(C)c2c(n1)-c1nccc(C)c1C2. The summed E-state index contributed by atoms with van der Waals surface area (Å²) in [7, 11) is 0. The molecule has 0 saturated heterocycles. The van der Waals surface area contributed by atoms with E-state index in [1.54, 1.807) is 0 Å². The lowest BCUT2D eigenvalue weighted by atomic mass is 10.1. The van der Waals surface area contributed by atoms with Gasteiger partial charge in [-0.25, -0.2) is 0 Å². The van der Waals surface area contributed by atoms with E-state index in [0.29, 0.717) is 0 Å². The maximum atomic E-state index is 4.63. The first-order chi connectivity index (χ1) is 7.66. The largest absolute Gasteiger partial charge is 0.254 e. The molecule has 2 aromatic heterocycles. The highest BCUT2D eigenvalue weighted by molar-refractivity contribution is 5.72. The molecule has 0 amide bonds. The summed E-state index contributed by atoms with van der Waals surface area (Å²) in [4.78, 5) is 9.12. The number of fused-ring (bicyclic) bond motifs is 3. The number of rotatable bonds is 0. The van der Waals surface area contributed by atoms with Gasteiger partial charge < -0.3 is 0 Å². The van der Waals surface area contributed by atoms with Crippen molar-refractivity contribution < 1.29 is 0 Å². The lowest BCUT2D eigenvalue weighted by Gasteiger charge is -2.04. The highest BCUT2D eigenvalue weighted by Gasteiger charge is 2.24. The third-order valence-electron chi connectivity index (χ3n) is 3.34. The molecule has 2 aromatic rings. The summed E-state index contributed by atoms with van der Waals surface area (Å²) >= 11 is 0. The maximum Gasteiger partial charge on any atom is 0.0930 e. The van der Waals surface area contributed by atoms with Crippen LogP contribution in [0.4, 0.5) is 0 Å². The van der Waals surface area contributed by atoms with Crippen LogP contribution in [-0.2, 0) is 6.42 Å². The summed E-state index contributed by atoms with van der Waals surface area (Å²) in [6, 6.07) is 4.23. The number of aromatic nitrogens is 2. The molecule has 0 spiro atoms. The van der Waals surface area contributed by atoms with Gasteiger partial charge in [0.25, 0.3) is 0 Å². The van der Waals surface area contributed by atoms with Crippen LogP contribution in [0, 0.1) is 20.8 Å². The van der Waals surface area contributed by atoms with E-state index in [1.807, 2.05) is 13.1 Å². The molecule has 0 N–H and O–H groups in total. The molecular weight excluding hydrogens is 196 g/mol. The molecule has 0 fully saturated rings. The summed E-state index contributed by atoms with van der Waals surface area (Å²) in [5.74, 6) is 0. The Hall–Kier alpha value is -1.70. The zero-order valence-corrected chi connectivity index (χ0v) is 9.83. The number of hydrogen-bond donors (Lipinski definition) is 0. The Labute approximate surface area is 95.4 Å². The number of hydrogen-bond acceptors (Lipinski definition) is 2. The van der Waals surface area contributed by atoms with E-state index in [0.717, 1.165) is 23.5 Å². The second kappa shape index (κ2) is 3.14. The van der Waals surface area contributed by atoms with Gasteiger partial charge in [-0.3, -0.25) is 9.97 Å². The van der Waals surface area contributed by atoms with Crippen molar-refractivity contribution >= 4 is 0 Å². The molecule has 0 unspecified atom stereocenters. The Morgan fingerprint density at radius 2 is 1.75 bits per heavy atom. The Bertz CT molecular complexity index is 586. The van der Waals surface area contributed by atoms with E-state index in [1.165, 1.54) is 22.3 Å². The second-order valence-corrected chi connectivity index (χ2v) is 4.54. The van der Waals surface area contributed by atoms with Crippen LogP contribution in [0.1, 0.15) is 27.9 Å². The predicted octanol–water partition coefficient (Wildman–Crippen LogP) is 2.97. The molecular formula is C14H14N2. The van der Waals surface area contributed by atoms with Crippen molar-refractivity contribution in [2.24, 2.45) is 0 Å². The average molecular weight is 210 g/mol. The summed E-state index contributed by atoms with van der Waals surface area (Å²) in [6.45, 7) is 6.35. The van der Waals surface area contributed by atoms with Gasteiger partial charge in [0.15, 0.2) is 0 Å². The standard InChI is InChI=1S/C14H14N2/c1-8-4-5-15-13-11(8)7-12-9(2)6-10(3)16-14(12)13/h4-6H,7H2,1-3H3. The Kier molecular flexibility index (Phi) is 1.87. The highest BCUT2D eigenvalue weighted by atomic mass is 14.8. The molecule has 2 heteroatoms. The van der Waals surface area contributed by atoms with Crippen LogP contribution in [0.3, 0.4) is 0 Å². The molecule has 0 aliphatic heterocycles. The van der Waals surface area contributed by atoms with Crippen molar-refractivity contribution in [1.82, 2.24) is 9.97 Å². The van der Waals surface area contributed by atoms with Gasteiger partial charge >= 0.3 is 0 Å². The molecule has 0 atom stereocenters. The lowest BCUT2D eigenvalue weighted by molar-refractivity contribution is 1.13. The van der Waals surface area contributed by atoms with Crippen molar-refractivity contribution in [3.63, 3.8) is 0 Å². The van der Waals surface area contributed by atoms with Crippen LogP contribution in [0.15, 0.2) is 18.3 Å². The van der Waals surface area contributed by atoms with Crippen molar-refractivity contribution in [2.45, 2.75) is 27.2 Å². The first kappa shape index (κ1) is 9.52. The fourth-order valence-corrected chi connectivity index (χ4v) is 2.48. The van der Waals surface area contributed by atoms with Crippen LogP contribution in [-0.4, -0.2) is 9.97 Å². The lowest BCUT2D eigenvalue weighted by Crippen LogP contribution is -1.92. The van der Waals surface area contributed by atoms with Gasteiger partial charge in [-0.05, 0) is 55.2 Å². The molecule has 0 aromatic carbocycles. The van der Waals surface area contributed by atoms with Crippen LogP contribution in [0.25, 0.3) is 11.4 Å². The van der Waals surface area contributed by atoms with Crippen LogP contribution in [0.5, 0.6) is 0 Å². The molecule has 2 heterocycles. The van der Waals surface area contributed by atoms with Crippen molar-refractivity contribution in [3.05, 3.63) is 46.3 Å². The summed E-state index contributed by atoms with van der Waals surface area (Å²) < 4.78 is 0. The molecule has 2 nitrogen and oxygen atoms in total. The average Bonchev–Trinajstić information content (AvgIpc) is 2.59. The first-order valence-electron chi connectivity index (χ1n) is 5.59. The first-order valence-corrected chi connectivity index (χ1v) is 5.59. The van der Waals surface area contributed by atoms with Gasteiger partial charge in [0.1, 0.15) is 0 Å². The van der Waals surface area contributed by atoms with Gasteiger partial charge in [-0.15, -0.1) is 0 Å². The van der Waals surface area contributed by atoms with E-state index in [-0.39, 0.29) is 0 Å². The molecule has 0 saturated carbocycles. The minimum absolute atomic E-state index is 0.990. The Morgan fingerprint density at radius 3 is 2.56 bits per heavy atom. The topological polar surface area (TPSA) is 25.8 Å². The molecule has 0 bridgehead atoms. The fourth-order valence-electron chi connectivity index (χ4n) is 2.48. The molecule has 3 rings (SSSR count). The summed E-state index contributed by atoms with van der Waals surface area (Å²) in [5, 5.41) is 0.